The molecule has 1 spiro atoms. The molecule has 0 radical (unpaired) electrons. The summed E-state index contributed by atoms with van der Waals surface area (Å²) in [4.78, 5) is 44.2. The van der Waals surface area contributed by atoms with E-state index in [2.05, 4.69) is 0 Å². The summed E-state index contributed by atoms with van der Waals surface area (Å²) in [6.07, 6.45) is 6.47. The SMILES string of the molecule is CC(C)[C@H](CO)N1C(=O)[C@@H]2[C@@H]3C(=O)OCC=C[C@@H]3O[C@@]23C=CCN(Cc2ccccc2)C(=O)C13. The minimum atomic E-state index is -1.31. The molecule has 4 aliphatic rings. The Morgan fingerprint density at radius 3 is 2.59 bits per heavy atom. The van der Waals surface area contributed by atoms with Crippen LogP contribution in [0, 0.1) is 17.8 Å². The first-order chi connectivity index (χ1) is 16.4. The monoisotopic (exact) mass is 466 g/mol. The van der Waals surface area contributed by atoms with Crippen LogP contribution in [-0.4, -0.2) is 76.2 Å². The maximum atomic E-state index is 14.1. The molecule has 6 atom stereocenters. The lowest BCUT2D eigenvalue weighted by molar-refractivity contribution is -0.155. The number of ether oxygens (including phenoxy) is 2. The second-order valence-corrected chi connectivity index (χ2v) is 9.75. The van der Waals surface area contributed by atoms with Crippen LogP contribution in [0.1, 0.15) is 19.4 Å². The third kappa shape index (κ3) is 3.39. The Bertz CT molecular complexity index is 1040. The first kappa shape index (κ1) is 22.8. The van der Waals surface area contributed by atoms with Gasteiger partial charge in [-0.1, -0.05) is 62.4 Å². The van der Waals surface area contributed by atoms with Crippen LogP contribution in [0.15, 0.2) is 54.6 Å². The first-order valence-corrected chi connectivity index (χ1v) is 11.8. The van der Waals surface area contributed by atoms with Crippen LogP contribution in [0.2, 0.25) is 0 Å². The van der Waals surface area contributed by atoms with Crippen LogP contribution in [-0.2, 0) is 30.4 Å². The molecule has 8 nitrogen and oxygen atoms in total. The minimum absolute atomic E-state index is 0.107. The van der Waals surface area contributed by atoms with Gasteiger partial charge in [-0.3, -0.25) is 14.4 Å². The van der Waals surface area contributed by atoms with Crippen LogP contribution in [0.4, 0.5) is 0 Å². The fourth-order valence-corrected chi connectivity index (χ4v) is 5.88. The Balaban J connectivity index is 1.61. The van der Waals surface area contributed by atoms with Gasteiger partial charge in [0.25, 0.3) is 0 Å². The molecule has 0 aliphatic carbocycles. The molecule has 0 bridgehead atoms. The standard InChI is InChI=1S/C26H30N2O6/c1-16(2)18(15-29)28-22-24(31)27(14-17-8-4-3-5-9-17)12-7-11-26(22)21(23(28)30)20-19(34-26)10-6-13-33-25(20)32/h3-11,16,18-22,29H,12-15H2,1-2H3/t18-,19-,20+,21-,22?,26-/m0/s1. The highest BCUT2D eigenvalue weighted by atomic mass is 16.6. The molecule has 4 heterocycles. The number of aliphatic hydroxyl groups is 1. The highest BCUT2D eigenvalue weighted by Crippen LogP contribution is 2.54. The van der Waals surface area contributed by atoms with E-state index >= 15 is 0 Å². The molecular formula is C26H30N2O6. The molecule has 8 heteroatoms. The van der Waals surface area contributed by atoms with Gasteiger partial charge in [0.15, 0.2) is 0 Å². The van der Waals surface area contributed by atoms with Crippen molar-refractivity contribution in [2.24, 2.45) is 17.8 Å². The predicted octanol–water partition coefficient (Wildman–Crippen LogP) is 1.30. The van der Waals surface area contributed by atoms with Gasteiger partial charge in [-0.25, -0.2) is 0 Å². The number of hydrogen-bond donors (Lipinski definition) is 1. The van der Waals surface area contributed by atoms with Crippen molar-refractivity contribution in [1.29, 1.82) is 0 Å². The molecule has 0 saturated carbocycles. The van der Waals surface area contributed by atoms with E-state index < -0.39 is 41.6 Å². The third-order valence-corrected chi connectivity index (χ3v) is 7.47. The Kier molecular flexibility index (Phi) is 5.81. The van der Waals surface area contributed by atoms with E-state index in [-0.39, 0.29) is 30.9 Å². The van der Waals surface area contributed by atoms with E-state index in [1.165, 1.54) is 4.90 Å². The Labute approximate surface area is 198 Å². The Hall–Kier alpha value is -2.97. The molecule has 1 aromatic carbocycles. The van der Waals surface area contributed by atoms with Crippen molar-refractivity contribution in [3.63, 3.8) is 0 Å². The van der Waals surface area contributed by atoms with Crippen molar-refractivity contribution in [2.75, 3.05) is 19.8 Å². The molecule has 1 unspecified atom stereocenters. The van der Waals surface area contributed by atoms with Crippen molar-refractivity contribution in [1.82, 2.24) is 9.80 Å². The van der Waals surface area contributed by atoms with Crippen LogP contribution < -0.4 is 0 Å². The normalized spacial score (nSPS) is 33.4. The van der Waals surface area contributed by atoms with E-state index in [4.69, 9.17) is 9.47 Å². The van der Waals surface area contributed by atoms with Crippen molar-refractivity contribution in [2.45, 2.75) is 44.2 Å². The zero-order valence-corrected chi connectivity index (χ0v) is 19.4. The van der Waals surface area contributed by atoms with Crippen LogP contribution in [0.25, 0.3) is 0 Å². The molecule has 1 aromatic rings. The summed E-state index contributed by atoms with van der Waals surface area (Å²) in [5.41, 5.74) is -0.336. The molecule has 4 aliphatic heterocycles. The van der Waals surface area contributed by atoms with Gasteiger partial charge in [0, 0.05) is 13.1 Å². The predicted molar refractivity (Wildman–Crippen MR) is 122 cm³/mol. The number of carbonyl (C=O) groups is 3. The molecule has 2 amide bonds. The number of fused-ring (bicyclic) bond motifs is 2. The van der Waals surface area contributed by atoms with Gasteiger partial charge in [0.05, 0.1) is 24.7 Å². The summed E-state index contributed by atoms with van der Waals surface area (Å²) < 4.78 is 11.8. The first-order valence-electron chi connectivity index (χ1n) is 11.8. The third-order valence-electron chi connectivity index (χ3n) is 7.47. The van der Waals surface area contributed by atoms with Gasteiger partial charge >= 0.3 is 5.97 Å². The fourth-order valence-electron chi connectivity index (χ4n) is 5.88. The lowest BCUT2D eigenvalue weighted by Gasteiger charge is -2.39. The molecule has 1 N–H and O–H groups in total. The zero-order valence-electron chi connectivity index (χ0n) is 19.4. The zero-order chi connectivity index (χ0) is 24.0. The summed E-state index contributed by atoms with van der Waals surface area (Å²) >= 11 is 0. The number of nitrogens with zero attached hydrogens (tertiary/aromatic N) is 2. The molecular weight excluding hydrogens is 436 g/mol. The topological polar surface area (TPSA) is 96.4 Å². The minimum Gasteiger partial charge on any atom is -0.461 e. The molecule has 2 saturated heterocycles. The number of rotatable bonds is 5. The lowest BCUT2D eigenvalue weighted by atomic mass is 9.78. The second kappa shape index (κ2) is 8.67. The lowest BCUT2D eigenvalue weighted by Crippen LogP contribution is -2.59. The van der Waals surface area contributed by atoms with Crippen molar-refractivity contribution < 1.29 is 29.0 Å². The smallest absolute Gasteiger partial charge is 0.313 e. The molecule has 0 aromatic heterocycles. The summed E-state index contributed by atoms with van der Waals surface area (Å²) in [7, 11) is 0. The summed E-state index contributed by atoms with van der Waals surface area (Å²) in [5.74, 6) is -2.95. The largest absolute Gasteiger partial charge is 0.461 e. The second-order valence-electron chi connectivity index (χ2n) is 9.75. The van der Waals surface area contributed by atoms with Gasteiger partial charge in [0.1, 0.15) is 24.2 Å². The van der Waals surface area contributed by atoms with E-state index in [1.807, 2.05) is 50.3 Å². The maximum Gasteiger partial charge on any atom is 0.313 e. The summed E-state index contributed by atoms with van der Waals surface area (Å²) in [5, 5.41) is 10.2. The van der Waals surface area contributed by atoms with Crippen LogP contribution in [0.5, 0.6) is 0 Å². The van der Waals surface area contributed by atoms with E-state index in [0.717, 1.165) is 5.56 Å². The van der Waals surface area contributed by atoms with Crippen molar-refractivity contribution >= 4 is 17.8 Å². The Morgan fingerprint density at radius 2 is 1.88 bits per heavy atom. The quantitative estimate of drug-likeness (QED) is 0.519. The van der Waals surface area contributed by atoms with Gasteiger partial charge in [0.2, 0.25) is 11.8 Å². The molecule has 34 heavy (non-hydrogen) atoms. The molecule has 5 rings (SSSR count). The maximum absolute atomic E-state index is 14.1. The van der Waals surface area contributed by atoms with Gasteiger partial charge in [-0.05, 0) is 17.6 Å². The highest BCUT2D eigenvalue weighted by molar-refractivity contribution is 5.99. The molecule has 2 fully saturated rings. The molecule has 180 valence electrons. The highest BCUT2D eigenvalue weighted by Gasteiger charge is 2.72. The van der Waals surface area contributed by atoms with Crippen LogP contribution in [0.3, 0.4) is 0 Å². The number of esters is 1. The average molecular weight is 467 g/mol. The number of amides is 2. The number of aliphatic hydroxyl groups excluding tert-OH is 1. The van der Waals surface area contributed by atoms with E-state index in [0.29, 0.717) is 13.1 Å². The van der Waals surface area contributed by atoms with Gasteiger partial charge in [-0.15, -0.1) is 0 Å². The van der Waals surface area contributed by atoms with Crippen molar-refractivity contribution in [3.8, 4) is 0 Å². The number of benzene rings is 1. The van der Waals surface area contributed by atoms with Gasteiger partial charge in [-0.2, -0.15) is 0 Å². The number of cyclic esters (lactones) is 1. The van der Waals surface area contributed by atoms with Crippen LogP contribution >= 0.6 is 0 Å². The number of likely N-dealkylation sites (tertiary alicyclic amines) is 1. The van der Waals surface area contributed by atoms with E-state index in [1.54, 1.807) is 23.1 Å². The Morgan fingerprint density at radius 1 is 1.12 bits per heavy atom. The van der Waals surface area contributed by atoms with E-state index in [9.17, 15) is 19.5 Å². The van der Waals surface area contributed by atoms with Crippen molar-refractivity contribution in [3.05, 3.63) is 60.2 Å². The summed E-state index contributed by atoms with van der Waals surface area (Å²) in [6, 6.07) is 8.09. The fraction of sp³-hybridized carbons (Fsp3) is 0.500. The summed E-state index contributed by atoms with van der Waals surface area (Å²) in [6.45, 7) is 4.37. The number of carbonyl (C=O) groups excluding carboxylic acids is 3. The van der Waals surface area contributed by atoms with Gasteiger partial charge < -0.3 is 24.4 Å². The number of hydrogen-bond acceptors (Lipinski definition) is 6. The average Bonchev–Trinajstić information content (AvgIpc) is 3.12.